The van der Waals surface area contributed by atoms with Gasteiger partial charge < -0.3 is 9.32 Å². The number of hydrogen-bond acceptors (Lipinski definition) is 2. The van der Waals surface area contributed by atoms with Crippen molar-refractivity contribution < 1.29 is 4.42 Å². The van der Waals surface area contributed by atoms with Crippen LogP contribution in [0.15, 0.2) is 192 Å². The van der Waals surface area contributed by atoms with E-state index in [1.807, 2.05) is 6.07 Å². The quantitative estimate of drug-likeness (QED) is 0.175. The molecule has 2 nitrogen and oxygen atoms in total. The number of benzene rings is 9. The predicted octanol–water partition coefficient (Wildman–Crippen LogP) is 13.8. The molecular weight excluding hydrogens is 607 g/mol. The van der Waals surface area contributed by atoms with Gasteiger partial charge in [0.05, 0.1) is 11.4 Å². The largest absolute Gasteiger partial charge is 0.454 e. The molecule has 0 aliphatic carbocycles. The molecule has 9 aromatic carbocycles. The number of anilines is 3. The third-order valence-electron chi connectivity index (χ3n) is 10.0. The number of nitrogens with zero attached hydrogens (tertiary/aromatic N) is 1. The monoisotopic (exact) mass is 637 g/mol. The van der Waals surface area contributed by atoms with Crippen molar-refractivity contribution >= 4 is 71.3 Å². The summed E-state index contributed by atoms with van der Waals surface area (Å²) in [4.78, 5) is 2.37. The Labute approximate surface area is 290 Å². The fourth-order valence-electron chi connectivity index (χ4n) is 7.66. The van der Waals surface area contributed by atoms with Crippen molar-refractivity contribution in [1.82, 2.24) is 0 Å². The maximum absolute atomic E-state index is 6.67. The van der Waals surface area contributed by atoms with E-state index in [2.05, 4.69) is 187 Å². The van der Waals surface area contributed by atoms with Gasteiger partial charge in [-0.1, -0.05) is 146 Å². The van der Waals surface area contributed by atoms with Gasteiger partial charge in [-0.3, -0.25) is 0 Å². The molecule has 2 heteroatoms. The maximum atomic E-state index is 6.67. The van der Waals surface area contributed by atoms with E-state index in [-0.39, 0.29) is 0 Å². The standard InChI is InChI=1S/C48H31NO/c1-2-13-34-30-35(25-24-32(34)12-1)33-26-28-37(29-27-33)49(46-22-11-20-43-42-19-8-10-23-47(42)50-48(43)46)45-21-9-7-18-41(45)44-31-36-14-3-4-15-38(36)39-16-5-6-17-40(39)44/h1-31H. The molecule has 10 aromatic rings. The number of furan rings is 1. The van der Waals surface area contributed by atoms with Crippen molar-refractivity contribution in [3.8, 4) is 22.3 Å². The third-order valence-corrected chi connectivity index (χ3v) is 10.0. The first-order valence-corrected chi connectivity index (χ1v) is 17.1. The van der Waals surface area contributed by atoms with E-state index < -0.39 is 0 Å². The molecule has 0 spiro atoms. The Morgan fingerprint density at radius 1 is 0.340 bits per heavy atom. The molecule has 1 aromatic heterocycles. The van der Waals surface area contributed by atoms with Gasteiger partial charge in [-0.15, -0.1) is 0 Å². The highest BCUT2D eigenvalue weighted by Crippen LogP contribution is 2.47. The van der Waals surface area contributed by atoms with Crippen LogP contribution in [0, 0.1) is 0 Å². The van der Waals surface area contributed by atoms with Crippen LogP contribution in [-0.4, -0.2) is 0 Å². The second kappa shape index (κ2) is 11.5. The number of para-hydroxylation sites is 3. The van der Waals surface area contributed by atoms with Gasteiger partial charge in [0, 0.05) is 22.0 Å². The highest BCUT2D eigenvalue weighted by molar-refractivity contribution is 6.16. The molecule has 0 atom stereocenters. The molecule has 10 rings (SSSR count). The van der Waals surface area contributed by atoms with Crippen LogP contribution < -0.4 is 4.90 Å². The lowest BCUT2D eigenvalue weighted by Crippen LogP contribution is -2.11. The fourth-order valence-corrected chi connectivity index (χ4v) is 7.66. The van der Waals surface area contributed by atoms with Crippen LogP contribution in [0.3, 0.4) is 0 Å². The van der Waals surface area contributed by atoms with E-state index in [4.69, 9.17) is 4.42 Å². The van der Waals surface area contributed by atoms with E-state index in [1.165, 1.54) is 49.0 Å². The summed E-state index contributed by atoms with van der Waals surface area (Å²) < 4.78 is 6.67. The van der Waals surface area contributed by atoms with Crippen molar-refractivity contribution in [3.05, 3.63) is 188 Å². The molecule has 0 N–H and O–H groups in total. The van der Waals surface area contributed by atoms with Gasteiger partial charge in [0.25, 0.3) is 0 Å². The average Bonchev–Trinajstić information content (AvgIpc) is 3.58. The SMILES string of the molecule is c1ccc(N(c2ccc(-c3ccc4ccccc4c3)cc2)c2cccc3c2oc2ccccc23)c(-c2cc3ccccc3c3ccccc23)c1. The highest BCUT2D eigenvalue weighted by Gasteiger charge is 2.23. The Hall–Kier alpha value is -6.64. The number of rotatable bonds is 5. The number of hydrogen-bond donors (Lipinski definition) is 0. The van der Waals surface area contributed by atoms with E-state index in [9.17, 15) is 0 Å². The van der Waals surface area contributed by atoms with Gasteiger partial charge in [-0.05, 0) is 91.5 Å². The zero-order chi connectivity index (χ0) is 33.0. The lowest BCUT2D eigenvalue weighted by molar-refractivity contribution is 0.669. The maximum Gasteiger partial charge on any atom is 0.159 e. The molecule has 0 aliphatic rings. The summed E-state index contributed by atoms with van der Waals surface area (Å²) >= 11 is 0. The molecule has 0 fully saturated rings. The molecule has 0 bridgehead atoms. The lowest BCUT2D eigenvalue weighted by Gasteiger charge is -2.28. The van der Waals surface area contributed by atoms with Crippen LogP contribution in [0.5, 0.6) is 0 Å². The summed E-state index contributed by atoms with van der Waals surface area (Å²) in [6, 6.07) is 67.5. The molecule has 1 heterocycles. The van der Waals surface area contributed by atoms with Crippen molar-refractivity contribution in [3.63, 3.8) is 0 Å². The second-order valence-electron chi connectivity index (χ2n) is 12.9. The second-order valence-corrected chi connectivity index (χ2v) is 12.9. The number of fused-ring (bicyclic) bond motifs is 7. The van der Waals surface area contributed by atoms with E-state index in [0.29, 0.717) is 0 Å². The summed E-state index contributed by atoms with van der Waals surface area (Å²) in [5.41, 5.74) is 9.61. The third kappa shape index (κ3) is 4.57. The van der Waals surface area contributed by atoms with E-state index in [0.717, 1.165) is 44.6 Å². The normalized spacial score (nSPS) is 11.6. The molecule has 0 radical (unpaired) electrons. The van der Waals surface area contributed by atoms with Gasteiger partial charge in [0.15, 0.2) is 5.58 Å². The van der Waals surface area contributed by atoms with E-state index >= 15 is 0 Å². The summed E-state index contributed by atoms with van der Waals surface area (Å²) in [7, 11) is 0. The molecule has 234 valence electrons. The van der Waals surface area contributed by atoms with Gasteiger partial charge in [0.1, 0.15) is 5.58 Å². The average molecular weight is 638 g/mol. The Morgan fingerprint density at radius 3 is 1.82 bits per heavy atom. The van der Waals surface area contributed by atoms with Crippen molar-refractivity contribution in [2.45, 2.75) is 0 Å². The zero-order valence-corrected chi connectivity index (χ0v) is 27.3. The summed E-state index contributed by atoms with van der Waals surface area (Å²) in [5, 5.41) is 9.67. The highest BCUT2D eigenvalue weighted by atomic mass is 16.3. The van der Waals surface area contributed by atoms with Crippen LogP contribution in [0.1, 0.15) is 0 Å². The van der Waals surface area contributed by atoms with Gasteiger partial charge in [-0.25, -0.2) is 0 Å². The van der Waals surface area contributed by atoms with Crippen molar-refractivity contribution in [2.75, 3.05) is 4.90 Å². The van der Waals surface area contributed by atoms with Gasteiger partial charge in [0.2, 0.25) is 0 Å². The van der Waals surface area contributed by atoms with Gasteiger partial charge in [-0.2, -0.15) is 0 Å². The minimum absolute atomic E-state index is 0.866. The Morgan fingerprint density at radius 2 is 0.960 bits per heavy atom. The minimum Gasteiger partial charge on any atom is -0.454 e. The molecule has 50 heavy (non-hydrogen) atoms. The van der Waals surface area contributed by atoms with Crippen LogP contribution in [0.4, 0.5) is 17.1 Å². The Balaban J connectivity index is 1.21. The molecule has 0 amide bonds. The van der Waals surface area contributed by atoms with Crippen LogP contribution >= 0.6 is 0 Å². The molecule has 0 unspecified atom stereocenters. The first kappa shape index (κ1) is 28.4. The predicted molar refractivity (Wildman–Crippen MR) is 212 cm³/mol. The van der Waals surface area contributed by atoms with Crippen LogP contribution in [-0.2, 0) is 0 Å². The first-order chi connectivity index (χ1) is 24.8. The topological polar surface area (TPSA) is 16.4 Å². The Bertz CT molecular complexity index is 2880. The van der Waals surface area contributed by atoms with E-state index in [1.54, 1.807) is 0 Å². The van der Waals surface area contributed by atoms with Gasteiger partial charge >= 0.3 is 0 Å². The summed E-state index contributed by atoms with van der Waals surface area (Å²) in [6.07, 6.45) is 0. The Kier molecular flexibility index (Phi) is 6.53. The smallest absolute Gasteiger partial charge is 0.159 e. The first-order valence-electron chi connectivity index (χ1n) is 17.1. The summed E-state index contributed by atoms with van der Waals surface area (Å²) in [5.74, 6) is 0. The summed E-state index contributed by atoms with van der Waals surface area (Å²) in [6.45, 7) is 0. The van der Waals surface area contributed by atoms with Crippen LogP contribution in [0.2, 0.25) is 0 Å². The zero-order valence-electron chi connectivity index (χ0n) is 27.3. The molecule has 0 aliphatic heterocycles. The van der Waals surface area contributed by atoms with Crippen molar-refractivity contribution in [1.29, 1.82) is 0 Å². The van der Waals surface area contributed by atoms with Crippen molar-refractivity contribution in [2.24, 2.45) is 0 Å². The minimum atomic E-state index is 0.866. The molecule has 0 saturated heterocycles. The molecule has 0 saturated carbocycles. The molecular formula is C48H31NO. The fraction of sp³-hybridized carbons (Fsp3) is 0. The van der Waals surface area contributed by atoms with Crippen LogP contribution in [0.25, 0.3) is 76.5 Å². The lowest BCUT2D eigenvalue weighted by atomic mass is 9.92.